The summed E-state index contributed by atoms with van der Waals surface area (Å²) in [5.41, 5.74) is 9.07. The zero-order valence-electron chi connectivity index (χ0n) is 9.98. The zero-order chi connectivity index (χ0) is 11.7. The summed E-state index contributed by atoms with van der Waals surface area (Å²) in [7, 11) is 0. The van der Waals surface area contributed by atoms with Crippen LogP contribution in [0.5, 0.6) is 0 Å². The standard InChI is InChI=1S/C13H20N2O/c1-9-6-7-15(8-12(9)16)11-5-3-4-10(2)13(11)14/h3-5,9,12,16H,6-8,14H2,1-2H3. The maximum atomic E-state index is 9.89. The van der Waals surface area contributed by atoms with Crippen molar-refractivity contribution in [2.24, 2.45) is 5.92 Å². The Balaban J connectivity index is 2.22. The summed E-state index contributed by atoms with van der Waals surface area (Å²) in [6, 6.07) is 6.07. The second-order valence-electron chi connectivity index (χ2n) is 4.79. The van der Waals surface area contributed by atoms with Gasteiger partial charge in [0.1, 0.15) is 0 Å². The summed E-state index contributed by atoms with van der Waals surface area (Å²) in [6.07, 6.45) is 0.780. The lowest BCUT2D eigenvalue weighted by atomic mass is 9.95. The number of benzene rings is 1. The Morgan fingerprint density at radius 2 is 2.19 bits per heavy atom. The first kappa shape index (κ1) is 11.3. The molecule has 1 fully saturated rings. The fraction of sp³-hybridized carbons (Fsp3) is 0.538. The van der Waals surface area contributed by atoms with Gasteiger partial charge < -0.3 is 15.7 Å². The number of piperidine rings is 1. The highest BCUT2D eigenvalue weighted by Crippen LogP contribution is 2.29. The van der Waals surface area contributed by atoms with Crippen molar-refractivity contribution in [3.05, 3.63) is 23.8 Å². The van der Waals surface area contributed by atoms with Crippen molar-refractivity contribution in [1.29, 1.82) is 0 Å². The Labute approximate surface area is 96.9 Å². The van der Waals surface area contributed by atoms with Crippen molar-refractivity contribution in [2.75, 3.05) is 23.7 Å². The molecule has 2 rings (SSSR count). The minimum absolute atomic E-state index is 0.242. The van der Waals surface area contributed by atoms with Gasteiger partial charge in [-0.25, -0.2) is 0 Å². The van der Waals surface area contributed by atoms with E-state index in [0.717, 1.165) is 29.9 Å². The van der Waals surface area contributed by atoms with E-state index in [4.69, 9.17) is 5.73 Å². The molecule has 0 aliphatic carbocycles. The third kappa shape index (κ3) is 2.00. The second-order valence-corrected chi connectivity index (χ2v) is 4.79. The van der Waals surface area contributed by atoms with Gasteiger partial charge in [-0.1, -0.05) is 19.1 Å². The van der Waals surface area contributed by atoms with Crippen LogP contribution in [0.25, 0.3) is 0 Å². The number of para-hydroxylation sites is 1. The van der Waals surface area contributed by atoms with E-state index in [1.807, 2.05) is 25.1 Å². The number of aryl methyl sites for hydroxylation is 1. The first-order chi connectivity index (χ1) is 7.59. The highest BCUT2D eigenvalue weighted by atomic mass is 16.3. The Morgan fingerprint density at radius 3 is 2.88 bits per heavy atom. The average Bonchev–Trinajstić information content (AvgIpc) is 2.26. The van der Waals surface area contributed by atoms with Crippen LogP contribution in [-0.4, -0.2) is 24.3 Å². The van der Waals surface area contributed by atoms with Crippen LogP contribution < -0.4 is 10.6 Å². The number of β-amino-alcohol motifs (C(OH)–C–C–N with tert-alkyl or cyclic N) is 1. The first-order valence-electron chi connectivity index (χ1n) is 5.87. The molecule has 0 bridgehead atoms. The molecule has 1 aliphatic heterocycles. The van der Waals surface area contributed by atoms with Gasteiger partial charge in [-0.15, -0.1) is 0 Å². The van der Waals surface area contributed by atoms with E-state index < -0.39 is 0 Å². The number of hydrogen-bond acceptors (Lipinski definition) is 3. The molecular weight excluding hydrogens is 200 g/mol. The summed E-state index contributed by atoms with van der Waals surface area (Å²) in [5.74, 6) is 0.391. The van der Waals surface area contributed by atoms with Crippen molar-refractivity contribution in [1.82, 2.24) is 0 Å². The van der Waals surface area contributed by atoms with Crippen LogP contribution in [0.3, 0.4) is 0 Å². The molecule has 0 radical (unpaired) electrons. The van der Waals surface area contributed by atoms with Gasteiger partial charge in [-0.2, -0.15) is 0 Å². The maximum Gasteiger partial charge on any atom is 0.0741 e. The summed E-state index contributed by atoms with van der Waals surface area (Å²) in [5, 5.41) is 9.89. The third-order valence-corrected chi connectivity index (χ3v) is 3.56. The molecule has 0 saturated carbocycles. The van der Waals surface area contributed by atoms with E-state index in [1.54, 1.807) is 0 Å². The molecule has 88 valence electrons. The maximum absolute atomic E-state index is 9.89. The highest BCUT2D eigenvalue weighted by molar-refractivity contribution is 5.71. The number of nitrogens with zero attached hydrogens (tertiary/aromatic N) is 1. The van der Waals surface area contributed by atoms with Gasteiger partial charge in [0.15, 0.2) is 0 Å². The molecule has 0 aromatic heterocycles. The lowest BCUT2D eigenvalue weighted by Gasteiger charge is -2.36. The molecule has 1 heterocycles. The molecule has 3 heteroatoms. The van der Waals surface area contributed by atoms with Gasteiger partial charge in [-0.3, -0.25) is 0 Å². The molecule has 1 saturated heterocycles. The first-order valence-corrected chi connectivity index (χ1v) is 5.87. The minimum Gasteiger partial charge on any atom is -0.397 e. The van der Waals surface area contributed by atoms with Crippen LogP contribution in [0.2, 0.25) is 0 Å². The normalized spacial score (nSPS) is 25.8. The molecule has 2 unspecified atom stereocenters. The van der Waals surface area contributed by atoms with Gasteiger partial charge in [0.25, 0.3) is 0 Å². The Kier molecular flexibility index (Phi) is 3.06. The van der Waals surface area contributed by atoms with Crippen molar-refractivity contribution in [2.45, 2.75) is 26.4 Å². The largest absolute Gasteiger partial charge is 0.397 e. The van der Waals surface area contributed by atoms with E-state index >= 15 is 0 Å². The van der Waals surface area contributed by atoms with Crippen LogP contribution in [0.4, 0.5) is 11.4 Å². The smallest absolute Gasteiger partial charge is 0.0741 e. The van der Waals surface area contributed by atoms with Gasteiger partial charge >= 0.3 is 0 Å². The van der Waals surface area contributed by atoms with E-state index in [0.29, 0.717) is 12.5 Å². The molecule has 3 N–H and O–H groups in total. The fourth-order valence-electron chi connectivity index (χ4n) is 2.21. The number of anilines is 2. The summed E-state index contributed by atoms with van der Waals surface area (Å²) < 4.78 is 0. The zero-order valence-corrected chi connectivity index (χ0v) is 9.98. The van der Waals surface area contributed by atoms with E-state index in [2.05, 4.69) is 11.8 Å². The van der Waals surface area contributed by atoms with Gasteiger partial charge in [0.05, 0.1) is 17.5 Å². The molecule has 1 aromatic carbocycles. The average molecular weight is 220 g/mol. The third-order valence-electron chi connectivity index (χ3n) is 3.56. The van der Waals surface area contributed by atoms with E-state index in [1.165, 1.54) is 0 Å². The van der Waals surface area contributed by atoms with Crippen LogP contribution in [-0.2, 0) is 0 Å². The van der Waals surface area contributed by atoms with Crippen molar-refractivity contribution in [3.8, 4) is 0 Å². The van der Waals surface area contributed by atoms with Crippen LogP contribution >= 0.6 is 0 Å². The lowest BCUT2D eigenvalue weighted by Crippen LogP contribution is -2.43. The number of nitrogen functional groups attached to an aromatic ring is 1. The quantitative estimate of drug-likeness (QED) is 0.709. The Bertz CT molecular complexity index is 378. The predicted molar refractivity (Wildman–Crippen MR) is 67.6 cm³/mol. The molecule has 2 atom stereocenters. The fourth-order valence-corrected chi connectivity index (χ4v) is 2.21. The van der Waals surface area contributed by atoms with Crippen LogP contribution in [0.1, 0.15) is 18.9 Å². The molecule has 1 aromatic rings. The van der Waals surface area contributed by atoms with Gasteiger partial charge in [0, 0.05) is 13.1 Å². The summed E-state index contributed by atoms with van der Waals surface area (Å²) >= 11 is 0. The topological polar surface area (TPSA) is 49.5 Å². The molecule has 0 amide bonds. The number of nitrogens with two attached hydrogens (primary N) is 1. The predicted octanol–water partition coefficient (Wildman–Crippen LogP) is 1.78. The SMILES string of the molecule is Cc1cccc(N2CCC(C)C(O)C2)c1N. The Morgan fingerprint density at radius 1 is 1.44 bits per heavy atom. The number of hydrogen-bond donors (Lipinski definition) is 2. The molecule has 16 heavy (non-hydrogen) atoms. The molecule has 3 nitrogen and oxygen atoms in total. The van der Waals surface area contributed by atoms with Gasteiger partial charge in [-0.05, 0) is 30.9 Å². The van der Waals surface area contributed by atoms with E-state index in [-0.39, 0.29) is 6.10 Å². The highest BCUT2D eigenvalue weighted by Gasteiger charge is 2.25. The lowest BCUT2D eigenvalue weighted by molar-refractivity contribution is 0.103. The van der Waals surface area contributed by atoms with Gasteiger partial charge in [0.2, 0.25) is 0 Å². The molecular formula is C13H20N2O. The minimum atomic E-state index is -0.242. The van der Waals surface area contributed by atoms with Crippen LogP contribution in [0.15, 0.2) is 18.2 Å². The number of aliphatic hydroxyl groups excluding tert-OH is 1. The summed E-state index contributed by atoms with van der Waals surface area (Å²) in [6.45, 7) is 5.78. The second kappa shape index (κ2) is 4.34. The monoisotopic (exact) mass is 220 g/mol. The molecule has 0 spiro atoms. The van der Waals surface area contributed by atoms with E-state index in [9.17, 15) is 5.11 Å². The van der Waals surface area contributed by atoms with Crippen LogP contribution in [0, 0.1) is 12.8 Å². The number of aliphatic hydroxyl groups is 1. The molecule has 1 aliphatic rings. The van der Waals surface area contributed by atoms with Crippen molar-refractivity contribution < 1.29 is 5.11 Å². The Hall–Kier alpha value is -1.22. The summed E-state index contributed by atoms with van der Waals surface area (Å²) in [4.78, 5) is 2.19. The van der Waals surface area contributed by atoms with Crippen molar-refractivity contribution in [3.63, 3.8) is 0 Å². The van der Waals surface area contributed by atoms with Crippen molar-refractivity contribution >= 4 is 11.4 Å². The number of rotatable bonds is 1.